The fourth-order valence-electron chi connectivity index (χ4n) is 4.06. The Balaban J connectivity index is 1.42. The van der Waals surface area contributed by atoms with Gasteiger partial charge in [-0.1, -0.05) is 17.3 Å². The molecule has 39 heavy (non-hydrogen) atoms. The lowest BCUT2D eigenvalue weighted by Crippen LogP contribution is -2.27. The van der Waals surface area contributed by atoms with E-state index in [0.717, 1.165) is 23.5 Å². The first-order chi connectivity index (χ1) is 18.7. The zero-order valence-electron chi connectivity index (χ0n) is 21.0. The van der Waals surface area contributed by atoms with Crippen LogP contribution in [0.5, 0.6) is 0 Å². The minimum atomic E-state index is -4.54. The molecular weight excluding hydrogens is 509 g/mol. The molecule has 0 radical (unpaired) electrons. The van der Waals surface area contributed by atoms with E-state index >= 15 is 0 Å². The van der Waals surface area contributed by atoms with Gasteiger partial charge in [-0.2, -0.15) is 13.2 Å². The van der Waals surface area contributed by atoms with Crippen LogP contribution in [0.15, 0.2) is 78.5 Å². The van der Waals surface area contributed by atoms with Crippen molar-refractivity contribution < 1.29 is 22.8 Å². The molecule has 1 aliphatic heterocycles. The molecule has 4 aromatic rings. The van der Waals surface area contributed by atoms with E-state index in [1.165, 1.54) is 6.07 Å². The van der Waals surface area contributed by atoms with E-state index in [0.29, 0.717) is 40.2 Å². The molecule has 0 spiro atoms. The van der Waals surface area contributed by atoms with Crippen molar-refractivity contribution in [3.8, 4) is 11.4 Å². The summed E-state index contributed by atoms with van der Waals surface area (Å²) in [6.45, 7) is 3.54. The number of rotatable bonds is 6. The summed E-state index contributed by atoms with van der Waals surface area (Å²) in [5.74, 6) is -0.00400. The Bertz CT molecular complexity index is 1510. The Kier molecular flexibility index (Phi) is 7.05. The lowest BCUT2D eigenvalue weighted by molar-refractivity contribution is -0.141. The molecule has 0 aliphatic carbocycles. The maximum absolute atomic E-state index is 13.3. The van der Waals surface area contributed by atoms with Gasteiger partial charge in [0.1, 0.15) is 5.69 Å². The zero-order chi connectivity index (χ0) is 27.6. The van der Waals surface area contributed by atoms with Crippen LogP contribution in [0.1, 0.15) is 63.9 Å². The number of carbonyl (C=O) groups excluding carboxylic acids is 1. The minimum Gasteiger partial charge on any atom is -0.385 e. The number of halogens is 3. The van der Waals surface area contributed by atoms with Crippen molar-refractivity contribution in [1.82, 2.24) is 25.3 Å². The summed E-state index contributed by atoms with van der Waals surface area (Å²) >= 11 is 0. The van der Waals surface area contributed by atoms with Gasteiger partial charge < -0.3 is 10.2 Å². The number of hydrogen-bond acceptors (Lipinski definition) is 7. The Morgan fingerprint density at radius 2 is 1.77 bits per heavy atom. The van der Waals surface area contributed by atoms with Gasteiger partial charge in [-0.3, -0.25) is 14.8 Å². The molecule has 0 fully saturated rings. The van der Waals surface area contributed by atoms with Gasteiger partial charge in [0.15, 0.2) is 11.9 Å². The summed E-state index contributed by atoms with van der Waals surface area (Å²) in [6.07, 6.45) is 1.71. The van der Waals surface area contributed by atoms with Gasteiger partial charge in [0.2, 0.25) is 0 Å². The second kappa shape index (κ2) is 10.6. The number of aryl methyl sites for hydroxylation is 1. The summed E-state index contributed by atoms with van der Waals surface area (Å²) in [4.78, 5) is 35.5. The van der Waals surface area contributed by atoms with Gasteiger partial charge in [0.25, 0.3) is 5.91 Å². The van der Waals surface area contributed by atoms with E-state index in [4.69, 9.17) is 4.84 Å². The minimum absolute atomic E-state index is 0.308. The molecule has 5 rings (SSSR count). The van der Waals surface area contributed by atoms with Crippen LogP contribution in [-0.4, -0.2) is 31.6 Å². The van der Waals surface area contributed by atoms with E-state index < -0.39 is 23.8 Å². The highest BCUT2D eigenvalue weighted by Gasteiger charge is 2.32. The fraction of sp³-hybridized carbons (Fsp3) is 0.214. The standard InChI is InChI=1S/C28H23F3N6O2/c1-16-13-34-26(35-14-16)20-9-19(23-12-24(39-37-23)22-5-3-4-8-32-22)10-21(11-20)27(38)36-17(2)18-6-7-25(33-15-18)28(29,30)31/h3-11,13-15,17,24H,12H2,1-2H3,(H,36,38)/t17-,24?/m1/s1. The molecule has 4 heterocycles. The highest BCUT2D eigenvalue weighted by Crippen LogP contribution is 2.31. The third kappa shape index (κ3) is 5.92. The molecule has 1 amide bonds. The Morgan fingerprint density at radius 3 is 2.44 bits per heavy atom. The monoisotopic (exact) mass is 532 g/mol. The average molecular weight is 533 g/mol. The molecule has 11 heteroatoms. The molecule has 0 saturated heterocycles. The van der Waals surface area contributed by atoms with Crippen LogP contribution in [0.2, 0.25) is 0 Å². The van der Waals surface area contributed by atoms with Crippen molar-refractivity contribution in [1.29, 1.82) is 0 Å². The molecule has 198 valence electrons. The number of nitrogens with zero attached hydrogens (tertiary/aromatic N) is 5. The Hall–Kier alpha value is -4.67. The molecular formula is C28H23F3N6O2. The smallest absolute Gasteiger partial charge is 0.385 e. The van der Waals surface area contributed by atoms with Crippen molar-refractivity contribution >= 4 is 11.6 Å². The molecule has 3 aromatic heterocycles. The normalized spacial score (nSPS) is 15.8. The lowest BCUT2D eigenvalue weighted by Gasteiger charge is -2.16. The molecule has 8 nitrogen and oxygen atoms in total. The summed E-state index contributed by atoms with van der Waals surface area (Å²) in [6, 6.07) is 12.3. The molecule has 1 unspecified atom stereocenters. The van der Waals surface area contributed by atoms with Crippen LogP contribution in [0.3, 0.4) is 0 Å². The number of aromatic nitrogens is 4. The van der Waals surface area contributed by atoms with Crippen molar-refractivity contribution in [3.63, 3.8) is 0 Å². The number of benzene rings is 1. The van der Waals surface area contributed by atoms with E-state index in [1.807, 2.05) is 31.2 Å². The first-order valence-corrected chi connectivity index (χ1v) is 12.1. The van der Waals surface area contributed by atoms with Gasteiger partial charge >= 0.3 is 6.18 Å². The lowest BCUT2D eigenvalue weighted by atomic mass is 9.97. The largest absolute Gasteiger partial charge is 0.433 e. The number of amides is 1. The number of oxime groups is 1. The van der Waals surface area contributed by atoms with Gasteiger partial charge in [-0.05, 0) is 61.4 Å². The molecule has 1 N–H and O–H groups in total. The number of nitrogens with one attached hydrogen (secondary N) is 1. The molecule has 0 bridgehead atoms. The third-order valence-corrected chi connectivity index (χ3v) is 6.18. The highest BCUT2D eigenvalue weighted by atomic mass is 19.4. The zero-order valence-corrected chi connectivity index (χ0v) is 21.0. The van der Waals surface area contributed by atoms with Crippen molar-refractivity contribution in [2.75, 3.05) is 0 Å². The Labute approximate surface area is 222 Å². The summed E-state index contributed by atoms with van der Waals surface area (Å²) in [5.41, 5.74) is 3.26. The van der Waals surface area contributed by atoms with Gasteiger partial charge in [0, 0.05) is 47.9 Å². The van der Waals surface area contributed by atoms with Crippen LogP contribution in [0.25, 0.3) is 11.4 Å². The van der Waals surface area contributed by atoms with E-state index in [2.05, 4.69) is 30.4 Å². The topological polar surface area (TPSA) is 102 Å². The van der Waals surface area contributed by atoms with Gasteiger partial charge in [-0.15, -0.1) is 0 Å². The van der Waals surface area contributed by atoms with E-state index in [1.54, 1.807) is 37.6 Å². The van der Waals surface area contributed by atoms with Crippen LogP contribution in [-0.2, 0) is 11.0 Å². The van der Waals surface area contributed by atoms with Crippen LogP contribution >= 0.6 is 0 Å². The number of hydrogen-bond donors (Lipinski definition) is 1. The number of alkyl halides is 3. The SMILES string of the molecule is Cc1cnc(-c2cc(C(=O)N[C@H](C)c3ccc(C(F)(F)F)nc3)cc(C3=NOC(c4ccccn4)C3)c2)nc1. The van der Waals surface area contributed by atoms with E-state index in [9.17, 15) is 18.0 Å². The summed E-state index contributed by atoms with van der Waals surface area (Å²) in [5, 5.41) is 7.08. The van der Waals surface area contributed by atoms with Gasteiger partial charge in [-0.25, -0.2) is 9.97 Å². The predicted molar refractivity (Wildman–Crippen MR) is 137 cm³/mol. The van der Waals surface area contributed by atoms with Crippen molar-refractivity contribution in [3.05, 3.63) is 107 Å². The van der Waals surface area contributed by atoms with Gasteiger partial charge in [0.05, 0.1) is 17.4 Å². The van der Waals surface area contributed by atoms with E-state index in [-0.39, 0.29) is 6.10 Å². The number of pyridine rings is 2. The molecule has 0 saturated carbocycles. The molecule has 1 aliphatic rings. The van der Waals surface area contributed by atoms with Crippen molar-refractivity contribution in [2.45, 2.75) is 38.6 Å². The maximum atomic E-state index is 13.3. The predicted octanol–water partition coefficient (Wildman–Crippen LogP) is 5.62. The average Bonchev–Trinajstić information content (AvgIpc) is 3.44. The summed E-state index contributed by atoms with van der Waals surface area (Å²) < 4.78 is 38.6. The van der Waals surface area contributed by atoms with Crippen molar-refractivity contribution in [2.24, 2.45) is 5.16 Å². The second-order valence-electron chi connectivity index (χ2n) is 9.14. The third-order valence-electron chi connectivity index (χ3n) is 6.18. The first-order valence-electron chi connectivity index (χ1n) is 12.1. The molecule has 2 atom stereocenters. The molecule has 1 aromatic carbocycles. The van der Waals surface area contributed by atoms with Crippen LogP contribution in [0.4, 0.5) is 13.2 Å². The summed E-state index contributed by atoms with van der Waals surface area (Å²) in [7, 11) is 0. The second-order valence-corrected chi connectivity index (χ2v) is 9.14. The quantitative estimate of drug-likeness (QED) is 0.346. The van der Waals surface area contributed by atoms with Crippen LogP contribution in [0, 0.1) is 6.92 Å². The number of carbonyl (C=O) groups is 1. The fourth-order valence-corrected chi connectivity index (χ4v) is 4.06. The maximum Gasteiger partial charge on any atom is 0.433 e. The van der Waals surface area contributed by atoms with Crippen LogP contribution < -0.4 is 5.32 Å². The first kappa shape index (κ1) is 26.0. The Morgan fingerprint density at radius 1 is 1.00 bits per heavy atom. The highest BCUT2D eigenvalue weighted by molar-refractivity contribution is 6.05.